The second kappa shape index (κ2) is 7.98. The van der Waals surface area contributed by atoms with Crippen LogP contribution in [0.4, 0.5) is 0 Å². The second-order valence-corrected chi connectivity index (χ2v) is 12.4. The second-order valence-electron chi connectivity index (χ2n) is 12.4. The Labute approximate surface area is 207 Å². The van der Waals surface area contributed by atoms with E-state index in [1.807, 2.05) is 6.08 Å². The number of ketones is 2. The Balaban J connectivity index is 1.57. The Morgan fingerprint density at radius 2 is 2.06 bits per heavy atom. The van der Waals surface area contributed by atoms with Crippen LogP contribution in [0.25, 0.3) is 0 Å². The molecule has 6 aliphatic rings. The highest BCUT2D eigenvalue weighted by molar-refractivity contribution is 6.04. The van der Waals surface area contributed by atoms with Crippen LogP contribution in [0.15, 0.2) is 23.5 Å². The average molecular weight is 486 g/mol. The summed E-state index contributed by atoms with van der Waals surface area (Å²) in [5.74, 6) is 0.368. The van der Waals surface area contributed by atoms with Gasteiger partial charge in [0.25, 0.3) is 0 Å². The summed E-state index contributed by atoms with van der Waals surface area (Å²) in [6.45, 7) is 4.62. The van der Waals surface area contributed by atoms with Crippen molar-refractivity contribution in [1.82, 2.24) is 4.90 Å². The Hall–Kier alpha value is -1.54. The number of ether oxygens (including phenoxy) is 2. The van der Waals surface area contributed by atoms with Crippen LogP contribution in [-0.4, -0.2) is 71.9 Å². The number of carbonyl (C=O) groups is 2. The zero-order valence-corrected chi connectivity index (χ0v) is 21.2. The van der Waals surface area contributed by atoms with Gasteiger partial charge in [0.15, 0.2) is 18.3 Å². The van der Waals surface area contributed by atoms with Crippen molar-refractivity contribution in [2.75, 3.05) is 27.0 Å². The number of piperidine rings is 1. The standard InChI is InChI=1S/C28H39NO6/c1-26-10-9-19(31)25-17(26)8-7-16-18-12-23(34-15-35-25)28(22(33)14-30,21-6-4-5-11-29(21)3)27(18,2)13-20(32)24(16)26/h9-10,16,18,20-21,23-24,30,32H,4-8,11-15H2,1-3H3/t16?,18?,20-,21?,23-,24+,26-,27-,28-/m0/s1. The third-order valence-corrected chi connectivity index (χ3v) is 11.3. The molecule has 7 heteroatoms. The molecule has 1 saturated heterocycles. The van der Waals surface area contributed by atoms with Gasteiger partial charge in [-0.3, -0.25) is 9.59 Å². The van der Waals surface area contributed by atoms with E-state index in [9.17, 15) is 19.8 Å². The number of nitrogens with zero attached hydrogens (tertiary/aromatic N) is 1. The number of likely N-dealkylation sites (tertiary alicyclic amines) is 1. The molecule has 4 aliphatic carbocycles. The Bertz CT molecular complexity index is 1010. The number of rotatable bonds is 3. The summed E-state index contributed by atoms with van der Waals surface area (Å²) in [6.07, 6.45) is 8.33. The minimum Gasteiger partial charge on any atom is -0.463 e. The number of allylic oxidation sites excluding steroid dienone is 3. The fourth-order valence-electron chi connectivity index (χ4n) is 10.1. The molecule has 3 unspecified atom stereocenters. The Morgan fingerprint density at radius 1 is 1.26 bits per heavy atom. The van der Waals surface area contributed by atoms with Crippen LogP contribution < -0.4 is 0 Å². The lowest BCUT2D eigenvalue weighted by atomic mass is 9.43. The molecule has 3 saturated carbocycles. The van der Waals surface area contributed by atoms with Crippen molar-refractivity contribution in [3.8, 4) is 0 Å². The average Bonchev–Trinajstić information content (AvgIpc) is 3.05. The van der Waals surface area contributed by atoms with Crippen molar-refractivity contribution in [1.29, 1.82) is 0 Å². The first-order chi connectivity index (χ1) is 16.7. The summed E-state index contributed by atoms with van der Waals surface area (Å²) in [5, 5.41) is 22.3. The molecule has 0 aromatic rings. The molecule has 0 aromatic heterocycles. The van der Waals surface area contributed by atoms with Crippen LogP contribution in [0.3, 0.4) is 0 Å². The van der Waals surface area contributed by atoms with E-state index in [4.69, 9.17) is 9.47 Å². The molecule has 4 bridgehead atoms. The summed E-state index contributed by atoms with van der Waals surface area (Å²) in [6, 6.07) is -0.0717. The molecule has 2 aliphatic heterocycles. The molecule has 192 valence electrons. The Kier molecular flexibility index (Phi) is 5.43. The summed E-state index contributed by atoms with van der Waals surface area (Å²) in [5.41, 5.74) is -0.927. The number of aliphatic hydroxyl groups excluding tert-OH is 2. The molecule has 0 spiro atoms. The fraction of sp³-hybridized carbons (Fsp3) is 0.786. The number of hydrogen-bond donors (Lipinski definition) is 2. The van der Waals surface area contributed by atoms with Crippen molar-refractivity contribution in [2.24, 2.45) is 34.0 Å². The first kappa shape index (κ1) is 23.8. The van der Waals surface area contributed by atoms with Gasteiger partial charge in [-0.2, -0.15) is 0 Å². The van der Waals surface area contributed by atoms with Crippen LogP contribution in [0.5, 0.6) is 0 Å². The molecular formula is C28H39NO6. The molecule has 0 amide bonds. The van der Waals surface area contributed by atoms with E-state index in [-0.39, 0.29) is 42.2 Å². The fourth-order valence-corrected chi connectivity index (χ4v) is 10.1. The van der Waals surface area contributed by atoms with Gasteiger partial charge in [-0.05, 0) is 81.0 Å². The smallest absolute Gasteiger partial charge is 0.220 e. The van der Waals surface area contributed by atoms with E-state index in [2.05, 4.69) is 25.8 Å². The highest BCUT2D eigenvalue weighted by Gasteiger charge is 2.74. The van der Waals surface area contributed by atoms with Gasteiger partial charge < -0.3 is 24.6 Å². The van der Waals surface area contributed by atoms with Gasteiger partial charge in [0, 0.05) is 17.4 Å². The molecule has 6 rings (SSSR count). The van der Waals surface area contributed by atoms with Crippen LogP contribution in [-0.2, 0) is 19.1 Å². The van der Waals surface area contributed by atoms with E-state index in [1.54, 1.807) is 6.08 Å². The largest absolute Gasteiger partial charge is 0.463 e. The maximum Gasteiger partial charge on any atom is 0.220 e. The monoisotopic (exact) mass is 485 g/mol. The number of fused-ring (bicyclic) bond motifs is 3. The molecule has 0 radical (unpaired) electrons. The molecule has 4 fully saturated rings. The van der Waals surface area contributed by atoms with Crippen LogP contribution in [0.1, 0.15) is 58.8 Å². The minimum absolute atomic E-state index is 0.0462. The zero-order chi connectivity index (χ0) is 24.8. The zero-order valence-electron chi connectivity index (χ0n) is 21.2. The van der Waals surface area contributed by atoms with Gasteiger partial charge in [-0.25, -0.2) is 0 Å². The van der Waals surface area contributed by atoms with Gasteiger partial charge in [0.1, 0.15) is 6.61 Å². The number of Topliss-reactive ketones (excluding diaryl/α,β-unsaturated/α-hetero) is 1. The van der Waals surface area contributed by atoms with Crippen molar-refractivity contribution in [3.63, 3.8) is 0 Å². The first-order valence-electron chi connectivity index (χ1n) is 13.4. The number of aliphatic hydroxyl groups is 2. The van der Waals surface area contributed by atoms with Gasteiger partial charge in [-0.15, -0.1) is 0 Å². The van der Waals surface area contributed by atoms with E-state index >= 15 is 0 Å². The third-order valence-electron chi connectivity index (χ3n) is 11.3. The minimum atomic E-state index is -0.944. The lowest BCUT2D eigenvalue weighted by molar-refractivity contribution is -0.196. The van der Waals surface area contributed by atoms with Crippen molar-refractivity contribution >= 4 is 11.6 Å². The van der Waals surface area contributed by atoms with Crippen LogP contribution in [0, 0.1) is 34.0 Å². The van der Waals surface area contributed by atoms with Crippen molar-refractivity contribution < 1.29 is 29.3 Å². The quantitative estimate of drug-likeness (QED) is 0.634. The highest BCUT2D eigenvalue weighted by Crippen LogP contribution is 2.72. The van der Waals surface area contributed by atoms with Crippen LogP contribution >= 0.6 is 0 Å². The molecule has 7 nitrogen and oxygen atoms in total. The lowest BCUT2D eigenvalue weighted by Gasteiger charge is -2.62. The van der Waals surface area contributed by atoms with E-state index < -0.39 is 35.1 Å². The summed E-state index contributed by atoms with van der Waals surface area (Å²) in [7, 11) is 2.08. The van der Waals surface area contributed by atoms with Gasteiger partial charge >= 0.3 is 0 Å². The maximum absolute atomic E-state index is 14.0. The predicted molar refractivity (Wildman–Crippen MR) is 128 cm³/mol. The van der Waals surface area contributed by atoms with Gasteiger partial charge in [0.2, 0.25) is 5.78 Å². The molecule has 2 heterocycles. The highest BCUT2D eigenvalue weighted by atomic mass is 16.7. The summed E-state index contributed by atoms with van der Waals surface area (Å²) in [4.78, 5) is 29.2. The van der Waals surface area contributed by atoms with Gasteiger partial charge in [0.05, 0.1) is 17.6 Å². The lowest BCUT2D eigenvalue weighted by Crippen LogP contribution is -2.67. The predicted octanol–water partition coefficient (Wildman–Crippen LogP) is 2.61. The summed E-state index contributed by atoms with van der Waals surface area (Å²) >= 11 is 0. The van der Waals surface area contributed by atoms with Gasteiger partial charge in [-0.1, -0.05) is 26.3 Å². The molecule has 9 atom stereocenters. The molecule has 0 aromatic carbocycles. The SMILES string of the molecule is CN1CCCCC1[C@]1(C(=O)CO)[C@@H]2CC3C4CCC5=C(OCO2)C(=O)C=C[C@]5(C)[C@H]4[C@@H](O)C[C@@]31C. The number of carbonyl (C=O) groups excluding carboxylic acids is 2. The Morgan fingerprint density at radius 3 is 2.80 bits per heavy atom. The molecule has 35 heavy (non-hydrogen) atoms. The molecule has 2 N–H and O–H groups in total. The van der Waals surface area contributed by atoms with Crippen molar-refractivity contribution in [3.05, 3.63) is 23.5 Å². The normalized spacial score (nSPS) is 49.2. The number of hydrogen-bond acceptors (Lipinski definition) is 7. The van der Waals surface area contributed by atoms with E-state index in [1.165, 1.54) is 0 Å². The maximum atomic E-state index is 14.0. The van der Waals surface area contributed by atoms with E-state index in [0.29, 0.717) is 18.6 Å². The third kappa shape index (κ3) is 2.87. The topological polar surface area (TPSA) is 96.3 Å². The first-order valence-corrected chi connectivity index (χ1v) is 13.4. The molecular weight excluding hydrogens is 446 g/mol. The van der Waals surface area contributed by atoms with E-state index in [0.717, 1.165) is 44.2 Å². The summed E-state index contributed by atoms with van der Waals surface area (Å²) < 4.78 is 12.6. The van der Waals surface area contributed by atoms with Crippen LogP contribution in [0.2, 0.25) is 0 Å². The van der Waals surface area contributed by atoms with Crippen molar-refractivity contribution in [2.45, 2.75) is 77.0 Å².